The second-order valence-corrected chi connectivity index (χ2v) is 6.32. The number of nitrogens with zero attached hydrogens (tertiary/aromatic N) is 2. The highest BCUT2D eigenvalue weighted by molar-refractivity contribution is 5.82. The van der Waals surface area contributed by atoms with Gasteiger partial charge in [0.05, 0.1) is 6.21 Å². The molecule has 0 N–H and O–H groups in total. The maximum atomic E-state index is 12.1. The zero-order chi connectivity index (χ0) is 15.3. The van der Waals surface area contributed by atoms with Crippen molar-refractivity contribution in [3.05, 3.63) is 17.5 Å². The van der Waals surface area contributed by atoms with Crippen molar-refractivity contribution >= 4 is 12.2 Å². The Bertz CT molecular complexity index is 470. The molecule has 0 saturated carbocycles. The lowest BCUT2D eigenvalue weighted by Crippen LogP contribution is -2.31. The molecule has 0 spiro atoms. The van der Waals surface area contributed by atoms with Crippen LogP contribution in [0.3, 0.4) is 0 Å². The van der Waals surface area contributed by atoms with Crippen LogP contribution in [0.4, 0.5) is 0 Å². The fourth-order valence-electron chi connectivity index (χ4n) is 1.65. The number of esters is 1. The van der Waals surface area contributed by atoms with Crippen LogP contribution in [0, 0.1) is 12.8 Å². The molecular formula is C15H24N2O3. The van der Waals surface area contributed by atoms with Crippen molar-refractivity contribution in [2.75, 3.05) is 0 Å². The topological polar surface area (TPSA) is 64.7 Å². The van der Waals surface area contributed by atoms with Gasteiger partial charge in [0.15, 0.2) is 0 Å². The monoisotopic (exact) mass is 280 g/mol. The van der Waals surface area contributed by atoms with Gasteiger partial charge in [0.25, 0.3) is 0 Å². The SMILES string of the molecule is Cc1cc(C=NC(CC(C)C)C(=O)OC(C)(C)C)no1. The third kappa shape index (κ3) is 5.99. The Balaban J connectivity index is 2.78. The van der Waals surface area contributed by atoms with Crippen LogP contribution in [-0.4, -0.2) is 29.0 Å². The van der Waals surface area contributed by atoms with Gasteiger partial charge in [0.2, 0.25) is 0 Å². The van der Waals surface area contributed by atoms with E-state index in [9.17, 15) is 4.79 Å². The van der Waals surface area contributed by atoms with Gasteiger partial charge in [-0.2, -0.15) is 0 Å². The number of carbonyl (C=O) groups excluding carboxylic acids is 1. The quantitative estimate of drug-likeness (QED) is 0.614. The lowest BCUT2D eigenvalue weighted by Gasteiger charge is -2.23. The first-order valence-electron chi connectivity index (χ1n) is 6.86. The molecule has 1 heterocycles. The summed E-state index contributed by atoms with van der Waals surface area (Å²) >= 11 is 0. The van der Waals surface area contributed by atoms with E-state index in [0.29, 0.717) is 23.8 Å². The van der Waals surface area contributed by atoms with Crippen LogP contribution in [0.25, 0.3) is 0 Å². The summed E-state index contributed by atoms with van der Waals surface area (Å²) < 4.78 is 10.4. The molecule has 1 unspecified atom stereocenters. The van der Waals surface area contributed by atoms with Gasteiger partial charge in [-0.05, 0) is 40.0 Å². The first kappa shape index (κ1) is 16.4. The summed E-state index contributed by atoms with van der Waals surface area (Å²) in [6.45, 7) is 11.5. The van der Waals surface area contributed by atoms with Gasteiger partial charge in [-0.25, -0.2) is 4.79 Å². The molecule has 5 heteroatoms. The van der Waals surface area contributed by atoms with Crippen molar-refractivity contribution in [2.24, 2.45) is 10.9 Å². The van der Waals surface area contributed by atoms with Gasteiger partial charge in [-0.15, -0.1) is 0 Å². The molecule has 20 heavy (non-hydrogen) atoms. The lowest BCUT2D eigenvalue weighted by atomic mass is 10.0. The first-order valence-corrected chi connectivity index (χ1v) is 6.86. The smallest absolute Gasteiger partial charge is 0.331 e. The van der Waals surface area contributed by atoms with E-state index in [-0.39, 0.29) is 5.97 Å². The highest BCUT2D eigenvalue weighted by Gasteiger charge is 2.25. The zero-order valence-corrected chi connectivity index (χ0v) is 13.1. The minimum absolute atomic E-state index is 0.303. The number of aromatic nitrogens is 1. The van der Waals surface area contributed by atoms with E-state index in [1.54, 1.807) is 12.3 Å². The van der Waals surface area contributed by atoms with Crippen molar-refractivity contribution < 1.29 is 14.1 Å². The normalized spacial score (nSPS) is 13.9. The number of hydrogen-bond donors (Lipinski definition) is 0. The molecule has 5 nitrogen and oxygen atoms in total. The van der Waals surface area contributed by atoms with Crippen LogP contribution in [-0.2, 0) is 9.53 Å². The Labute approximate surface area is 120 Å². The molecule has 0 saturated heterocycles. The summed E-state index contributed by atoms with van der Waals surface area (Å²) in [6.07, 6.45) is 2.20. The molecular weight excluding hydrogens is 256 g/mol. The molecule has 0 aromatic carbocycles. The Kier molecular flexibility index (Phi) is 5.48. The summed E-state index contributed by atoms with van der Waals surface area (Å²) in [5.41, 5.74) is 0.103. The minimum atomic E-state index is -0.508. The van der Waals surface area contributed by atoms with Crippen LogP contribution in [0.2, 0.25) is 0 Å². The number of hydrogen-bond acceptors (Lipinski definition) is 5. The fraction of sp³-hybridized carbons (Fsp3) is 0.667. The Morgan fingerprint density at radius 3 is 2.60 bits per heavy atom. The number of aryl methyl sites for hydroxylation is 1. The van der Waals surface area contributed by atoms with Crippen molar-refractivity contribution in [2.45, 2.75) is 59.6 Å². The van der Waals surface area contributed by atoms with Gasteiger partial charge < -0.3 is 9.26 Å². The molecule has 1 atom stereocenters. The predicted octanol–water partition coefficient (Wildman–Crippen LogP) is 3.16. The van der Waals surface area contributed by atoms with Gasteiger partial charge in [0.1, 0.15) is 23.1 Å². The van der Waals surface area contributed by atoms with Crippen LogP contribution >= 0.6 is 0 Å². The Morgan fingerprint density at radius 2 is 2.15 bits per heavy atom. The first-order chi connectivity index (χ1) is 9.17. The highest BCUT2D eigenvalue weighted by Crippen LogP contribution is 2.15. The van der Waals surface area contributed by atoms with Crippen molar-refractivity contribution in [3.63, 3.8) is 0 Å². The number of aliphatic imine (C=N–C) groups is 1. The summed E-state index contributed by atoms with van der Waals surface area (Å²) in [6, 6.07) is 1.26. The van der Waals surface area contributed by atoms with Gasteiger partial charge in [-0.3, -0.25) is 4.99 Å². The van der Waals surface area contributed by atoms with Crippen molar-refractivity contribution in [3.8, 4) is 0 Å². The van der Waals surface area contributed by atoms with E-state index in [1.807, 2.05) is 41.5 Å². The molecule has 0 aliphatic carbocycles. The van der Waals surface area contributed by atoms with E-state index >= 15 is 0 Å². The summed E-state index contributed by atoms with van der Waals surface area (Å²) in [4.78, 5) is 16.5. The standard InChI is InChI=1S/C15H24N2O3/c1-10(2)7-13(14(18)19-15(4,5)6)16-9-12-8-11(3)20-17-12/h8-10,13H,7H2,1-6H3. The average Bonchev–Trinajstić information content (AvgIpc) is 2.67. The van der Waals surface area contributed by atoms with Crippen molar-refractivity contribution in [1.29, 1.82) is 0 Å². The molecule has 0 aliphatic heterocycles. The number of ether oxygens (including phenoxy) is 1. The summed E-state index contributed by atoms with van der Waals surface area (Å²) in [7, 11) is 0. The maximum absolute atomic E-state index is 12.1. The molecule has 0 radical (unpaired) electrons. The van der Waals surface area contributed by atoms with Gasteiger partial charge >= 0.3 is 5.97 Å². The molecule has 112 valence electrons. The molecule has 0 aliphatic rings. The Morgan fingerprint density at radius 1 is 1.50 bits per heavy atom. The molecule has 1 rings (SSSR count). The second kappa shape index (κ2) is 6.68. The van der Waals surface area contributed by atoms with E-state index < -0.39 is 11.6 Å². The molecule has 0 fully saturated rings. The highest BCUT2D eigenvalue weighted by atomic mass is 16.6. The van der Waals surface area contributed by atoms with E-state index in [4.69, 9.17) is 9.26 Å². The maximum Gasteiger partial charge on any atom is 0.331 e. The van der Waals surface area contributed by atoms with E-state index in [1.165, 1.54) is 0 Å². The van der Waals surface area contributed by atoms with Crippen LogP contribution in [0.15, 0.2) is 15.6 Å². The third-order valence-corrected chi connectivity index (χ3v) is 2.41. The van der Waals surface area contributed by atoms with Crippen LogP contribution in [0.5, 0.6) is 0 Å². The average molecular weight is 280 g/mol. The number of carbonyl (C=O) groups is 1. The van der Waals surface area contributed by atoms with E-state index in [0.717, 1.165) is 0 Å². The fourth-order valence-corrected chi connectivity index (χ4v) is 1.65. The predicted molar refractivity (Wildman–Crippen MR) is 77.9 cm³/mol. The van der Waals surface area contributed by atoms with Crippen molar-refractivity contribution in [1.82, 2.24) is 5.16 Å². The number of rotatable bonds is 5. The third-order valence-electron chi connectivity index (χ3n) is 2.41. The largest absolute Gasteiger partial charge is 0.458 e. The van der Waals surface area contributed by atoms with Crippen LogP contribution < -0.4 is 0 Å². The summed E-state index contributed by atoms with van der Waals surface area (Å²) in [5, 5.41) is 3.82. The molecule has 1 aromatic rings. The minimum Gasteiger partial charge on any atom is -0.458 e. The van der Waals surface area contributed by atoms with Gasteiger partial charge in [0, 0.05) is 6.07 Å². The summed E-state index contributed by atoms with van der Waals surface area (Å²) in [5.74, 6) is 0.760. The zero-order valence-electron chi connectivity index (χ0n) is 13.1. The van der Waals surface area contributed by atoms with Gasteiger partial charge in [-0.1, -0.05) is 19.0 Å². The molecule has 0 amide bonds. The molecule has 1 aromatic heterocycles. The Hall–Kier alpha value is -1.65. The molecule has 0 bridgehead atoms. The van der Waals surface area contributed by atoms with Crippen LogP contribution in [0.1, 0.15) is 52.5 Å². The van der Waals surface area contributed by atoms with E-state index in [2.05, 4.69) is 10.1 Å². The second-order valence-electron chi connectivity index (χ2n) is 6.32. The lowest BCUT2D eigenvalue weighted by molar-refractivity contribution is -0.156.